The summed E-state index contributed by atoms with van der Waals surface area (Å²) in [4.78, 5) is 12.3. The van der Waals surface area contributed by atoms with Crippen LogP contribution in [0.25, 0.3) is 11.4 Å². The van der Waals surface area contributed by atoms with Crippen molar-refractivity contribution in [2.75, 3.05) is 0 Å². The van der Waals surface area contributed by atoms with Crippen LogP contribution in [-0.4, -0.2) is 19.6 Å². The fourth-order valence-electron chi connectivity index (χ4n) is 2.20. The Morgan fingerprint density at radius 1 is 1.00 bits per heavy atom. The Bertz CT molecular complexity index is 899. The second kappa shape index (κ2) is 7.82. The van der Waals surface area contributed by atoms with E-state index in [-0.39, 0.29) is 35.1 Å². The molecule has 1 unspecified atom stereocenters. The van der Waals surface area contributed by atoms with Crippen LogP contribution in [0.3, 0.4) is 0 Å². The molecule has 0 spiro atoms. The lowest BCUT2D eigenvalue weighted by atomic mass is 10.1. The number of ether oxygens (including phenoxy) is 1. The van der Waals surface area contributed by atoms with Crippen LogP contribution in [0.5, 0.6) is 11.5 Å². The third-order valence-electron chi connectivity index (χ3n) is 3.39. The van der Waals surface area contributed by atoms with E-state index in [1.54, 1.807) is 6.07 Å². The van der Waals surface area contributed by atoms with Crippen LogP contribution in [0.2, 0.25) is 0 Å². The number of nitrogens with zero attached hydrogens (tertiary/aromatic N) is 3. The van der Waals surface area contributed by atoms with E-state index in [2.05, 4.69) is 27.6 Å². The fourth-order valence-corrected chi connectivity index (χ4v) is 2.30. The first-order valence-electron chi connectivity index (χ1n) is 7.54. The summed E-state index contributed by atoms with van der Waals surface area (Å²) in [6.07, 6.45) is 2.94. The maximum absolute atomic E-state index is 14.3. The maximum atomic E-state index is 14.3. The van der Waals surface area contributed by atoms with Gasteiger partial charge in [0.15, 0.2) is 18.6 Å². The van der Waals surface area contributed by atoms with E-state index in [1.807, 2.05) is 0 Å². The number of thiol groups is 1. The molecule has 0 bridgehead atoms. The molecule has 0 aliphatic rings. The van der Waals surface area contributed by atoms with Gasteiger partial charge in [-0.1, -0.05) is 0 Å². The molecule has 0 saturated heterocycles. The van der Waals surface area contributed by atoms with E-state index < -0.39 is 16.1 Å². The molecular weight excluding hydrogens is 383 g/mol. The third kappa shape index (κ3) is 5.09. The highest BCUT2D eigenvalue weighted by molar-refractivity contribution is 7.73. The van der Waals surface area contributed by atoms with Crippen LogP contribution >= 0.6 is 12.8 Å². The van der Waals surface area contributed by atoms with Gasteiger partial charge in [-0.2, -0.15) is 0 Å². The maximum Gasteiger partial charge on any atom is 0.244 e. The van der Waals surface area contributed by atoms with Crippen molar-refractivity contribution >= 4 is 12.8 Å². The molecule has 1 heterocycles. The molecule has 0 saturated carbocycles. The molecule has 3 rings (SSSR count). The first-order chi connectivity index (χ1) is 12.8. The van der Waals surface area contributed by atoms with Gasteiger partial charge in [0.1, 0.15) is 28.5 Å². The van der Waals surface area contributed by atoms with Crippen LogP contribution in [0, 0.1) is 11.6 Å². The number of benzene rings is 2. The van der Waals surface area contributed by atoms with Crippen molar-refractivity contribution in [2.24, 2.45) is 0 Å². The number of halogens is 3. The Balaban J connectivity index is 1.71. The molecule has 1 atom stereocenters. The summed E-state index contributed by atoms with van der Waals surface area (Å²) >= 11 is 3.12. The third-order valence-corrected chi connectivity index (χ3v) is 3.48. The summed E-state index contributed by atoms with van der Waals surface area (Å²) in [6, 6.07) is 9.18. The highest BCUT2D eigenvalue weighted by atomic mass is 32.1. The molecule has 27 heavy (non-hydrogen) atoms. The monoisotopic (exact) mass is 396 g/mol. The van der Waals surface area contributed by atoms with Crippen LogP contribution < -0.4 is 9.57 Å². The topological polar surface area (TPSA) is 64.5 Å². The molecule has 1 aromatic heterocycles. The molecule has 0 amide bonds. The average molecular weight is 396 g/mol. The zero-order valence-corrected chi connectivity index (χ0v) is 14.5. The molecule has 2 aromatic carbocycles. The number of rotatable bonds is 6. The SMILES string of the molecule is O[N+](F)(S)Oc1ccc(OCc2c(F)cc(-c3ncccn3)cc2F)cc1. The van der Waals surface area contributed by atoms with Crippen molar-refractivity contribution < 1.29 is 32.5 Å². The molecule has 10 heteroatoms. The molecule has 140 valence electrons. The summed E-state index contributed by atoms with van der Waals surface area (Å²) < 4.78 is 44.2. The van der Waals surface area contributed by atoms with Gasteiger partial charge >= 0.3 is 0 Å². The van der Waals surface area contributed by atoms with Crippen LogP contribution in [0.15, 0.2) is 54.9 Å². The lowest BCUT2D eigenvalue weighted by Crippen LogP contribution is -2.27. The summed E-state index contributed by atoms with van der Waals surface area (Å²) in [5.41, 5.74) is -0.0559. The highest BCUT2D eigenvalue weighted by Gasteiger charge is 2.24. The highest BCUT2D eigenvalue weighted by Crippen LogP contribution is 2.25. The molecule has 0 aliphatic heterocycles. The Morgan fingerprint density at radius 2 is 1.56 bits per heavy atom. The number of aromatic nitrogens is 2. The molecule has 1 N–H and O–H groups in total. The van der Waals surface area contributed by atoms with Crippen molar-refractivity contribution in [3.05, 3.63) is 72.1 Å². The van der Waals surface area contributed by atoms with Gasteiger partial charge in [0, 0.05) is 18.0 Å². The second-order valence-electron chi connectivity index (χ2n) is 5.32. The Hall–Kier alpha value is -2.82. The molecule has 0 fully saturated rings. The van der Waals surface area contributed by atoms with Gasteiger partial charge in [-0.3, -0.25) is 0 Å². The van der Waals surface area contributed by atoms with Gasteiger partial charge in [-0.05, 0) is 42.5 Å². The smallest absolute Gasteiger partial charge is 0.244 e. The van der Waals surface area contributed by atoms with Gasteiger partial charge < -0.3 is 4.74 Å². The normalized spacial score (nSPS) is 13.1. The van der Waals surface area contributed by atoms with Crippen LogP contribution in [0.1, 0.15) is 5.56 Å². The Kier molecular flexibility index (Phi) is 5.49. The minimum absolute atomic E-state index is 0.0353. The van der Waals surface area contributed by atoms with Gasteiger partial charge in [-0.15, -0.1) is 5.21 Å². The quantitative estimate of drug-likeness (QED) is 0.371. The first kappa shape index (κ1) is 19.0. The average Bonchev–Trinajstić information content (AvgIpc) is 2.62. The second-order valence-corrected chi connectivity index (χ2v) is 5.81. The van der Waals surface area contributed by atoms with E-state index in [0.717, 1.165) is 12.1 Å². The minimum Gasteiger partial charge on any atom is -0.489 e. The summed E-state index contributed by atoms with van der Waals surface area (Å²) in [5, 5.41) is 8.75. The van der Waals surface area contributed by atoms with E-state index in [4.69, 9.17) is 9.94 Å². The van der Waals surface area contributed by atoms with Gasteiger partial charge in [0.25, 0.3) is 0 Å². The zero-order chi connectivity index (χ0) is 19.4. The summed E-state index contributed by atoms with van der Waals surface area (Å²) in [5.74, 6) is -1.18. The number of hydrogen-bond acceptors (Lipinski definition) is 6. The molecule has 0 radical (unpaired) electrons. The van der Waals surface area contributed by atoms with Crippen molar-refractivity contribution in [3.63, 3.8) is 0 Å². The van der Waals surface area contributed by atoms with E-state index in [0.29, 0.717) is 0 Å². The zero-order valence-electron chi connectivity index (χ0n) is 13.6. The standard InChI is InChI=1S/C17H13F3N3O3S/c18-15-8-11(17-21-6-1-7-22-17)9-16(19)14(15)10-25-12-2-4-13(5-3-12)26-23(20,24)27/h1-9,24,27H,10H2/q+1. The molecule has 0 aliphatic carbocycles. The van der Waals surface area contributed by atoms with Crippen molar-refractivity contribution in [2.45, 2.75) is 6.61 Å². The van der Waals surface area contributed by atoms with E-state index in [9.17, 15) is 13.3 Å². The summed E-state index contributed by atoms with van der Waals surface area (Å²) in [7, 11) is 0. The first-order valence-corrected chi connectivity index (χ1v) is 7.94. The predicted molar refractivity (Wildman–Crippen MR) is 90.9 cm³/mol. The molecular formula is C17H13F3N3O3S+. The van der Waals surface area contributed by atoms with Crippen molar-refractivity contribution in [1.29, 1.82) is 0 Å². The van der Waals surface area contributed by atoms with Crippen LogP contribution in [-0.2, 0) is 6.61 Å². The van der Waals surface area contributed by atoms with E-state index in [1.165, 1.54) is 36.7 Å². The lowest BCUT2D eigenvalue weighted by Gasteiger charge is -2.11. The Labute approximate surface area is 157 Å². The van der Waals surface area contributed by atoms with Crippen LogP contribution in [0.4, 0.5) is 13.3 Å². The number of hydrogen-bond donors (Lipinski definition) is 2. The van der Waals surface area contributed by atoms with Crippen molar-refractivity contribution in [1.82, 2.24) is 9.97 Å². The Morgan fingerprint density at radius 3 is 2.11 bits per heavy atom. The van der Waals surface area contributed by atoms with Gasteiger partial charge in [0.05, 0.1) is 5.56 Å². The van der Waals surface area contributed by atoms with Crippen molar-refractivity contribution in [3.8, 4) is 22.9 Å². The lowest BCUT2D eigenvalue weighted by molar-refractivity contribution is -1.22. The summed E-state index contributed by atoms with van der Waals surface area (Å²) in [6.45, 7) is -0.372. The van der Waals surface area contributed by atoms with Gasteiger partial charge in [-0.25, -0.2) is 23.6 Å². The predicted octanol–water partition coefficient (Wildman–Crippen LogP) is 4.23. The number of quaternary nitrogens is 1. The minimum atomic E-state index is -2.49. The molecule has 3 aromatic rings. The molecule has 6 nitrogen and oxygen atoms in total. The van der Waals surface area contributed by atoms with Gasteiger partial charge in [0.2, 0.25) is 10.2 Å². The van der Waals surface area contributed by atoms with E-state index >= 15 is 0 Å². The largest absolute Gasteiger partial charge is 0.489 e. The fraction of sp³-hybridized carbons (Fsp3) is 0.0588.